The Bertz CT molecular complexity index is 463. The first kappa shape index (κ1) is 15.5. The lowest BCUT2D eigenvalue weighted by atomic mass is 9.94. The van der Waals surface area contributed by atoms with E-state index in [0.29, 0.717) is 10.7 Å². The number of hydrogen-bond acceptors (Lipinski definition) is 3. The van der Waals surface area contributed by atoms with Gasteiger partial charge in [0, 0.05) is 23.0 Å². The number of ether oxygens (including phenoxy) is 1. The fourth-order valence-corrected chi connectivity index (χ4v) is 1.56. The van der Waals surface area contributed by atoms with Crippen molar-refractivity contribution >= 4 is 29.2 Å². The molecule has 0 heterocycles. The van der Waals surface area contributed by atoms with Crippen molar-refractivity contribution in [1.29, 1.82) is 0 Å². The van der Waals surface area contributed by atoms with Crippen molar-refractivity contribution < 1.29 is 14.3 Å². The van der Waals surface area contributed by atoms with E-state index < -0.39 is 11.4 Å². The van der Waals surface area contributed by atoms with Gasteiger partial charge < -0.3 is 4.74 Å². The third kappa shape index (κ3) is 4.56. The van der Waals surface area contributed by atoms with Crippen molar-refractivity contribution in [1.82, 2.24) is 0 Å². The first-order chi connectivity index (χ1) is 8.71. The largest absolute Gasteiger partial charge is 0.444 e. The maximum absolute atomic E-state index is 12.4. The standard InChI is InChI=1S/C14H18ClNO3/c1-10(17)19-9-16(13(18)14(2,3)4)12-7-5-11(15)6-8-12/h5-8H,9H2,1-4H3. The summed E-state index contributed by atoms with van der Waals surface area (Å²) in [5, 5.41) is 0.583. The number of carbonyl (C=O) groups is 2. The third-order valence-electron chi connectivity index (χ3n) is 2.42. The molecule has 0 unspecified atom stereocenters. The highest BCUT2D eigenvalue weighted by atomic mass is 35.5. The summed E-state index contributed by atoms with van der Waals surface area (Å²) in [5.74, 6) is -0.559. The number of benzene rings is 1. The van der Waals surface area contributed by atoms with Gasteiger partial charge in [-0.3, -0.25) is 14.5 Å². The molecule has 1 amide bonds. The summed E-state index contributed by atoms with van der Waals surface area (Å²) >= 11 is 5.82. The molecule has 0 saturated heterocycles. The van der Waals surface area contributed by atoms with Crippen LogP contribution in [-0.2, 0) is 14.3 Å². The van der Waals surface area contributed by atoms with Crippen molar-refractivity contribution in [2.75, 3.05) is 11.6 Å². The average molecular weight is 284 g/mol. The van der Waals surface area contributed by atoms with Crippen LogP contribution in [0.1, 0.15) is 27.7 Å². The van der Waals surface area contributed by atoms with Crippen LogP contribution in [0, 0.1) is 5.41 Å². The van der Waals surface area contributed by atoms with E-state index >= 15 is 0 Å². The molecule has 0 saturated carbocycles. The van der Waals surface area contributed by atoms with Gasteiger partial charge >= 0.3 is 5.97 Å². The molecular weight excluding hydrogens is 266 g/mol. The molecule has 1 rings (SSSR count). The molecule has 4 nitrogen and oxygen atoms in total. The van der Waals surface area contributed by atoms with Gasteiger partial charge in [0.25, 0.3) is 0 Å². The molecule has 0 N–H and O–H groups in total. The number of halogens is 1. The van der Waals surface area contributed by atoms with Crippen molar-refractivity contribution in [3.8, 4) is 0 Å². The van der Waals surface area contributed by atoms with E-state index in [1.807, 2.05) is 20.8 Å². The van der Waals surface area contributed by atoms with Gasteiger partial charge in [-0.05, 0) is 24.3 Å². The lowest BCUT2D eigenvalue weighted by molar-refractivity contribution is -0.142. The fraction of sp³-hybridized carbons (Fsp3) is 0.429. The van der Waals surface area contributed by atoms with E-state index in [9.17, 15) is 9.59 Å². The Kier molecular flexibility index (Phi) is 4.95. The van der Waals surface area contributed by atoms with Crippen LogP contribution >= 0.6 is 11.6 Å². The third-order valence-corrected chi connectivity index (χ3v) is 2.67. The molecule has 0 atom stereocenters. The van der Waals surface area contributed by atoms with E-state index in [1.54, 1.807) is 24.3 Å². The van der Waals surface area contributed by atoms with Crippen LogP contribution < -0.4 is 4.90 Å². The minimum atomic E-state index is -0.570. The zero-order chi connectivity index (χ0) is 14.6. The average Bonchev–Trinajstić information content (AvgIpc) is 2.29. The summed E-state index contributed by atoms with van der Waals surface area (Å²) in [6, 6.07) is 6.81. The monoisotopic (exact) mass is 283 g/mol. The molecule has 5 heteroatoms. The van der Waals surface area contributed by atoms with E-state index in [1.165, 1.54) is 11.8 Å². The van der Waals surface area contributed by atoms with Crippen LogP contribution in [0.2, 0.25) is 5.02 Å². The molecule has 19 heavy (non-hydrogen) atoms. The Balaban J connectivity index is 3.01. The summed E-state index contributed by atoms with van der Waals surface area (Å²) in [6.45, 7) is 6.64. The second kappa shape index (κ2) is 6.06. The van der Waals surface area contributed by atoms with Crippen molar-refractivity contribution in [3.63, 3.8) is 0 Å². The molecule has 0 spiro atoms. The molecule has 0 aliphatic heterocycles. The summed E-state index contributed by atoms with van der Waals surface area (Å²) < 4.78 is 4.94. The lowest BCUT2D eigenvalue weighted by Gasteiger charge is -2.29. The smallest absolute Gasteiger partial charge is 0.304 e. The van der Waals surface area contributed by atoms with Crippen LogP contribution in [0.3, 0.4) is 0 Å². The molecule has 1 aromatic carbocycles. The maximum atomic E-state index is 12.4. The Morgan fingerprint density at radius 2 is 1.74 bits per heavy atom. The van der Waals surface area contributed by atoms with Crippen molar-refractivity contribution in [2.24, 2.45) is 5.41 Å². The van der Waals surface area contributed by atoms with Crippen LogP contribution in [0.25, 0.3) is 0 Å². The quantitative estimate of drug-likeness (QED) is 0.632. The van der Waals surface area contributed by atoms with Gasteiger partial charge in [0.1, 0.15) is 0 Å². The van der Waals surface area contributed by atoms with E-state index in [-0.39, 0.29) is 12.6 Å². The summed E-state index contributed by atoms with van der Waals surface area (Å²) in [7, 11) is 0. The summed E-state index contributed by atoms with van der Waals surface area (Å²) in [4.78, 5) is 24.7. The Hall–Kier alpha value is -1.55. The highest BCUT2D eigenvalue weighted by Gasteiger charge is 2.28. The van der Waals surface area contributed by atoms with Crippen LogP contribution in [0.15, 0.2) is 24.3 Å². The SMILES string of the molecule is CC(=O)OCN(C(=O)C(C)(C)C)c1ccc(Cl)cc1. The number of nitrogens with zero attached hydrogens (tertiary/aromatic N) is 1. The van der Waals surface area contributed by atoms with Crippen molar-refractivity contribution in [3.05, 3.63) is 29.3 Å². The molecular formula is C14H18ClNO3. The fourth-order valence-electron chi connectivity index (χ4n) is 1.43. The zero-order valence-electron chi connectivity index (χ0n) is 11.6. The Morgan fingerprint density at radius 1 is 1.21 bits per heavy atom. The van der Waals surface area contributed by atoms with Gasteiger partial charge in [-0.15, -0.1) is 0 Å². The van der Waals surface area contributed by atoms with E-state index in [4.69, 9.17) is 16.3 Å². The topological polar surface area (TPSA) is 46.6 Å². The molecule has 0 aliphatic carbocycles. The summed E-state index contributed by atoms with van der Waals surface area (Å²) in [6.07, 6.45) is 0. The lowest BCUT2D eigenvalue weighted by Crippen LogP contribution is -2.41. The second-order valence-corrected chi connectivity index (χ2v) is 5.66. The first-order valence-corrected chi connectivity index (χ1v) is 6.30. The number of hydrogen-bond donors (Lipinski definition) is 0. The minimum Gasteiger partial charge on any atom is -0.444 e. The number of amides is 1. The van der Waals surface area contributed by atoms with Gasteiger partial charge in [0.05, 0.1) is 0 Å². The number of anilines is 1. The molecule has 0 bridgehead atoms. The number of carbonyl (C=O) groups excluding carboxylic acids is 2. The van der Waals surface area contributed by atoms with Gasteiger partial charge in [-0.25, -0.2) is 0 Å². The molecule has 0 radical (unpaired) electrons. The van der Waals surface area contributed by atoms with E-state index in [2.05, 4.69) is 0 Å². The predicted molar refractivity (Wildman–Crippen MR) is 75.0 cm³/mol. The predicted octanol–water partition coefficient (Wildman–Crippen LogP) is 3.24. The van der Waals surface area contributed by atoms with Gasteiger partial charge in [-0.1, -0.05) is 32.4 Å². The molecule has 0 aromatic heterocycles. The van der Waals surface area contributed by atoms with Crippen LogP contribution in [0.4, 0.5) is 5.69 Å². The second-order valence-electron chi connectivity index (χ2n) is 5.22. The van der Waals surface area contributed by atoms with Gasteiger partial charge in [0.15, 0.2) is 6.73 Å². The first-order valence-electron chi connectivity index (χ1n) is 5.92. The summed E-state index contributed by atoms with van der Waals surface area (Å²) in [5.41, 5.74) is 0.0744. The maximum Gasteiger partial charge on any atom is 0.304 e. The molecule has 104 valence electrons. The highest BCUT2D eigenvalue weighted by molar-refractivity contribution is 6.30. The normalized spacial score (nSPS) is 11.0. The minimum absolute atomic E-state index is 0.104. The van der Waals surface area contributed by atoms with Gasteiger partial charge in [-0.2, -0.15) is 0 Å². The molecule has 1 aromatic rings. The Labute approximate surface area is 118 Å². The van der Waals surface area contributed by atoms with Crippen LogP contribution in [0.5, 0.6) is 0 Å². The highest BCUT2D eigenvalue weighted by Crippen LogP contribution is 2.24. The zero-order valence-corrected chi connectivity index (χ0v) is 12.3. The van der Waals surface area contributed by atoms with E-state index in [0.717, 1.165) is 0 Å². The van der Waals surface area contributed by atoms with Crippen LogP contribution in [-0.4, -0.2) is 18.6 Å². The molecule has 0 fully saturated rings. The number of rotatable bonds is 3. The van der Waals surface area contributed by atoms with Crippen molar-refractivity contribution in [2.45, 2.75) is 27.7 Å². The van der Waals surface area contributed by atoms with Gasteiger partial charge in [0.2, 0.25) is 5.91 Å². The molecule has 0 aliphatic rings. The Morgan fingerprint density at radius 3 is 2.16 bits per heavy atom. The number of esters is 1.